The Balaban J connectivity index is 2.16. The number of sulfonamides is 1. The molecule has 0 bridgehead atoms. The summed E-state index contributed by atoms with van der Waals surface area (Å²) in [5, 5.41) is 0. The molecule has 0 atom stereocenters. The molecule has 0 unspecified atom stereocenters. The molecular weight excluding hydrogens is 248 g/mol. The smallest absolute Gasteiger partial charge is 0.214 e. The lowest BCUT2D eigenvalue weighted by atomic mass is 10.0. The van der Waals surface area contributed by atoms with Crippen LogP contribution in [-0.4, -0.2) is 25.0 Å². The SMILES string of the molecule is CCCCS(=O)(=O)N1CCc2ccc(N)cc2C1. The first-order valence-corrected chi connectivity index (χ1v) is 7.99. The van der Waals surface area contributed by atoms with E-state index in [-0.39, 0.29) is 5.75 Å². The van der Waals surface area contributed by atoms with Gasteiger partial charge in [-0.05, 0) is 36.1 Å². The zero-order valence-corrected chi connectivity index (χ0v) is 11.5. The van der Waals surface area contributed by atoms with Gasteiger partial charge in [0.25, 0.3) is 0 Å². The van der Waals surface area contributed by atoms with Gasteiger partial charge in [-0.2, -0.15) is 4.31 Å². The van der Waals surface area contributed by atoms with Crippen LogP contribution in [0.4, 0.5) is 5.69 Å². The summed E-state index contributed by atoms with van der Waals surface area (Å²) in [7, 11) is -3.11. The summed E-state index contributed by atoms with van der Waals surface area (Å²) in [5.41, 5.74) is 8.70. The minimum absolute atomic E-state index is 0.251. The highest BCUT2D eigenvalue weighted by Gasteiger charge is 2.25. The molecule has 0 aromatic heterocycles. The van der Waals surface area contributed by atoms with Crippen molar-refractivity contribution in [3.8, 4) is 0 Å². The Kier molecular flexibility index (Phi) is 3.92. The van der Waals surface area contributed by atoms with Crippen LogP contribution in [0.1, 0.15) is 30.9 Å². The number of nitrogens with two attached hydrogens (primary N) is 1. The zero-order valence-electron chi connectivity index (χ0n) is 10.7. The molecular formula is C13H20N2O2S. The van der Waals surface area contributed by atoms with E-state index >= 15 is 0 Å². The third-order valence-corrected chi connectivity index (χ3v) is 5.26. The maximum absolute atomic E-state index is 12.1. The maximum Gasteiger partial charge on any atom is 0.214 e. The molecule has 0 fully saturated rings. The number of hydrogen-bond acceptors (Lipinski definition) is 3. The van der Waals surface area contributed by atoms with Gasteiger partial charge >= 0.3 is 0 Å². The average Bonchev–Trinajstić information content (AvgIpc) is 2.35. The van der Waals surface area contributed by atoms with Crippen molar-refractivity contribution in [3.05, 3.63) is 29.3 Å². The largest absolute Gasteiger partial charge is 0.399 e. The highest BCUT2D eigenvalue weighted by Crippen LogP contribution is 2.23. The Morgan fingerprint density at radius 1 is 1.33 bits per heavy atom. The van der Waals surface area contributed by atoms with Crippen molar-refractivity contribution < 1.29 is 8.42 Å². The van der Waals surface area contributed by atoms with Crippen LogP contribution >= 0.6 is 0 Å². The molecule has 5 heteroatoms. The fraction of sp³-hybridized carbons (Fsp3) is 0.538. The van der Waals surface area contributed by atoms with Gasteiger partial charge in [0.1, 0.15) is 0 Å². The van der Waals surface area contributed by atoms with Gasteiger partial charge in [-0.15, -0.1) is 0 Å². The second-order valence-corrected chi connectivity index (χ2v) is 6.87. The van der Waals surface area contributed by atoms with Crippen LogP contribution in [0.5, 0.6) is 0 Å². The van der Waals surface area contributed by atoms with Crippen molar-refractivity contribution in [1.29, 1.82) is 0 Å². The monoisotopic (exact) mass is 268 g/mol. The number of fused-ring (bicyclic) bond motifs is 1. The van der Waals surface area contributed by atoms with Gasteiger partial charge in [0.15, 0.2) is 0 Å². The molecule has 2 N–H and O–H groups in total. The van der Waals surface area contributed by atoms with Gasteiger partial charge in [0.05, 0.1) is 5.75 Å². The summed E-state index contributed by atoms with van der Waals surface area (Å²) in [6.45, 7) is 3.05. The summed E-state index contributed by atoms with van der Waals surface area (Å²) in [5.74, 6) is 0.251. The van der Waals surface area contributed by atoms with E-state index in [1.165, 1.54) is 5.56 Å². The van der Waals surface area contributed by atoms with E-state index in [9.17, 15) is 8.42 Å². The minimum Gasteiger partial charge on any atom is -0.399 e. The van der Waals surface area contributed by atoms with E-state index in [4.69, 9.17) is 5.73 Å². The molecule has 0 saturated carbocycles. The van der Waals surface area contributed by atoms with Crippen LogP contribution in [-0.2, 0) is 23.0 Å². The number of anilines is 1. The van der Waals surface area contributed by atoms with Crippen LogP contribution in [0, 0.1) is 0 Å². The molecule has 0 saturated heterocycles. The van der Waals surface area contributed by atoms with E-state index in [1.54, 1.807) is 4.31 Å². The first kappa shape index (κ1) is 13.4. The molecule has 1 aliphatic rings. The van der Waals surface area contributed by atoms with Crippen LogP contribution in [0.3, 0.4) is 0 Å². The van der Waals surface area contributed by atoms with E-state index in [0.717, 1.165) is 24.8 Å². The second-order valence-electron chi connectivity index (χ2n) is 4.78. The van der Waals surface area contributed by atoms with Crippen molar-refractivity contribution >= 4 is 15.7 Å². The van der Waals surface area contributed by atoms with E-state index in [0.29, 0.717) is 18.8 Å². The summed E-state index contributed by atoms with van der Waals surface area (Å²) in [6.07, 6.45) is 2.40. The number of unbranched alkanes of at least 4 members (excludes halogenated alkanes) is 1. The van der Waals surface area contributed by atoms with Crippen LogP contribution in [0.2, 0.25) is 0 Å². The standard InChI is InChI=1S/C13H20N2O2S/c1-2-3-8-18(16,17)15-7-6-11-4-5-13(14)9-12(11)10-15/h4-5,9H,2-3,6-8,10,14H2,1H3. The Morgan fingerprint density at radius 3 is 2.83 bits per heavy atom. The molecule has 100 valence electrons. The van der Waals surface area contributed by atoms with Gasteiger partial charge in [-0.3, -0.25) is 0 Å². The molecule has 1 aliphatic heterocycles. The lowest BCUT2D eigenvalue weighted by Crippen LogP contribution is -2.37. The lowest BCUT2D eigenvalue weighted by molar-refractivity contribution is 0.390. The van der Waals surface area contributed by atoms with Gasteiger partial charge < -0.3 is 5.73 Å². The quantitative estimate of drug-likeness (QED) is 0.846. The minimum atomic E-state index is -3.11. The fourth-order valence-electron chi connectivity index (χ4n) is 2.24. The third-order valence-electron chi connectivity index (χ3n) is 3.36. The van der Waals surface area contributed by atoms with E-state index < -0.39 is 10.0 Å². The lowest BCUT2D eigenvalue weighted by Gasteiger charge is -2.28. The summed E-state index contributed by atoms with van der Waals surface area (Å²) in [6, 6.07) is 5.76. The summed E-state index contributed by atoms with van der Waals surface area (Å²) >= 11 is 0. The van der Waals surface area contributed by atoms with Crippen molar-refractivity contribution in [2.24, 2.45) is 0 Å². The topological polar surface area (TPSA) is 63.4 Å². The summed E-state index contributed by atoms with van der Waals surface area (Å²) < 4.78 is 25.9. The molecule has 0 amide bonds. The number of benzene rings is 1. The molecule has 0 spiro atoms. The fourth-order valence-corrected chi connectivity index (χ4v) is 3.86. The Labute approximate surface area is 109 Å². The molecule has 4 nitrogen and oxygen atoms in total. The van der Waals surface area contributed by atoms with Crippen LogP contribution < -0.4 is 5.73 Å². The van der Waals surface area contributed by atoms with Crippen LogP contribution in [0.15, 0.2) is 18.2 Å². The van der Waals surface area contributed by atoms with Crippen molar-refractivity contribution in [2.45, 2.75) is 32.7 Å². The average molecular weight is 268 g/mol. The van der Waals surface area contributed by atoms with E-state index in [2.05, 4.69) is 0 Å². The van der Waals surface area contributed by atoms with E-state index in [1.807, 2.05) is 25.1 Å². The predicted octanol–water partition coefficient (Wildman–Crippen LogP) is 1.76. The van der Waals surface area contributed by atoms with Gasteiger partial charge in [0.2, 0.25) is 10.0 Å². The molecule has 0 radical (unpaired) electrons. The molecule has 2 rings (SSSR count). The zero-order chi connectivity index (χ0) is 13.2. The number of nitrogen functional groups attached to an aromatic ring is 1. The summed E-state index contributed by atoms with van der Waals surface area (Å²) in [4.78, 5) is 0. The molecule has 1 heterocycles. The van der Waals surface area contributed by atoms with Crippen molar-refractivity contribution in [1.82, 2.24) is 4.31 Å². The Hall–Kier alpha value is -1.07. The van der Waals surface area contributed by atoms with Crippen molar-refractivity contribution in [2.75, 3.05) is 18.0 Å². The second kappa shape index (κ2) is 5.28. The Morgan fingerprint density at radius 2 is 2.11 bits per heavy atom. The van der Waals surface area contributed by atoms with Gasteiger partial charge in [0, 0.05) is 18.8 Å². The van der Waals surface area contributed by atoms with Gasteiger partial charge in [-0.25, -0.2) is 8.42 Å². The molecule has 18 heavy (non-hydrogen) atoms. The normalized spacial score (nSPS) is 16.5. The molecule has 1 aromatic rings. The molecule has 0 aliphatic carbocycles. The third kappa shape index (κ3) is 2.84. The van der Waals surface area contributed by atoms with Gasteiger partial charge in [-0.1, -0.05) is 19.4 Å². The molecule has 1 aromatic carbocycles. The highest BCUT2D eigenvalue weighted by molar-refractivity contribution is 7.89. The Bertz CT molecular complexity index is 526. The van der Waals surface area contributed by atoms with Crippen LogP contribution in [0.25, 0.3) is 0 Å². The highest BCUT2D eigenvalue weighted by atomic mass is 32.2. The predicted molar refractivity (Wildman–Crippen MR) is 73.7 cm³/mol. The van der Waals surface area contributed by atoms with Crippen molar-refractivity contribution in [3.63, 3.8) is 0 Å². The number of rotatable bonds is 4. The number of nitrogens with zero attached hydrogens (tertiary/aromatic N) is 1. The number of hydrogen-bond donors (Lipinski definition) is 1. The maximum atomic E-state index is 12.1. The first-order chi connectivity index (χ1) is 8.53. The first-order valence-electron chi connectivity index (χ1n) is 6.38.